The van der Waals surface area contributed by atoms with Crippen LogP contribution >= 0.6 is 36.4 Å². The average Bonchev–Trinajstić information content (AvgIpc) is 2.68. The molecule has 1 aliphatic heterocycles. The molecule has 0 amide bonds. The molecule has 2 aromatic rings. The predicted molar refractivity (Wildman–Crippen MR) is 126 cm³/mol. The molecular weight excluding hydrogens is 429 g/mol. The molecule has 0 radical (unpaired) electrons. The Labute approximate surface area is 189 Å². The number of hydrogen-bond acceptors (Lipinski definition) is 5. The van der Waals surface area contributed by atoms with E-state index in [1.807, 2.05) is 30.3 Å². The SMILES string of the molecule is Cl.Cl.NCC1CCC(c2cccc3c2C(N)(c2ccc(Cl)cc2)N=C(N)N3)CC1. The molecule has 29 heavy (non-hydrogen) atoms. The van der Waals surface area contributed by atoms with Crippen LogP contribution in [0.3, 0.4) is 0 Å². The number of nitrogens with one attached hydrogen (secondary N) is 1. The Morgan fingerprint density at radius 3 is 2.31 bits per heavy atom. The van der Waals surface area contributed by atoms with Crippen molar-refractivity contribution in [3.63, 3.8) is 0 Å². The number of nitrogens with two attached hydrogens (primary N) is 3. The van der Waals surface area contributed by atoms with Crippen molar-refractivity contribution in [3.05, 3.63) is 64.2 Å². The second-order valence-corrected chi connectivity index (χ2v) is 8.05. The summed E-state index contributed by atoms with van der Waals surface area (Å²) in [5.41, 5.74) is 21.9. The zero-order valence-electron chi connectivity index (χ0n) is 16.1. The fourth-order valence-corrected chi connectivity index (χ4v) is 4.60. The van der Waals surface area contributed by atoms with Gasteiger partial charge in [0.1, 0.15) is 0 Å². The molecule has 2 aromatic carbocycles. The summed E-state index contributed by atoms with van der Waals surface area (Å²) in [5, 5.41) is 3.87. The maximum absolute atomic E-state index is 6.92. The maximum Gasteiger partial charge on any atom is 0.195 e. The van der Waals surface area contributed by atoms with Crippen LogP contribution < -0.4 is 22.5 Å². The van der Waals surface area contributed by atoms with Crippen LogP contribution in [0.25, 0.3) is 0 Å². The van der Waals surface area contributed by atoms with E-state index in [9.17, 15) is 0 Å². The molecule has 0 bridgehead atoms. The third kappa shape index (κ3) is 4.49. The first-order valence-electron chi connectivity index (χ1n) is 9.52. The van der Waals surface area contributed by atoms with Gasteiger partial charge in [-0.3, -0.25) is 5.73 Å². The smallest absolute Gasteiger partial charge is 0.195 e. The molecule has 1 fully saturated rings. The molecule has 158 valence electrons. The maximum atomic E-state index is 6.92. The third-order valence-electron chi connectivity index (χ3n) is 5.94. The Bertz CT molecular complexity index is 863. The summed E-state index contributed by atoms with van der Waals surface area (Å²) in [4.78, 5) is 4.64. The van der Waals surface area contributed by atoms with Crippen LogP contribution in [0, 0.1) is 5.92 Å². The molecule has 8 heteroatoms. The fourth-order valence-electron chi connectivity index (χ4n) is 4.47. The van der Waals surface area contributed by atoms with Gasteiger partial charge < -0.3 is 16.8 Å². The highest BCUT2D eigenvalue weighted by Gasteiger charge is 2.39. The molecule has 1 aliphatic carbocycles. The van der Waals surface area contributed by atoms with Gasteiger partial charge in [0.15, 0.2) is 11.6 Å². The van der Waals surface area contributed by atoms with Gasteiger partial charge in [-0.15, -0.1) is 24.8 Å². The van der Waals surface area contributed by atoms with E-state index in [2.05, 4.69) is 22.4 Å². The van der Waals surface area contributed by atoms with E-state index in [0.717, 1.165) is 49.0 Å². The Hall–Kier alpha value is -1.50. The van der Waals surface area contributed by atoms with Crippen molar-refractivity contribution in [1.82, 2.24) is 0 Å². The molecule has 0 aromatic heterocycles. The van der Waals surface area contributed by atoms with Crippen molar-refractivity contribution in [2.75, 3.05) is 11.9 Å². The minimum Gasteiger partial charge on any atom is -0.370 e. The number of halogens is 3. The fraction of sp³-hybridized carbons (Fsp3) is 0.381. The van der Waals surface area contributed by atoms with Gasteiger partial charge >= 0.3 is 0 Å². The van der Waals surface area contributed by atoms with Gasteiger partial charge in [0.2, 0.25) is 0 Å². The first kappa shape index (κ1) is 23.8. The lowest BCUT2D eigenvalue weighted by Crippen LogP contribution is -2.45. The predicted octanol–water partition coefficient (Wildman–Crippen LogP) is 4.32. The molecule has 1 atom stereocenters. The summed E-state index contributed by atoms with van der Waals surface area (Å²) in [5.74, 6) is 1.41. The van der Waals surface area contributed by atoms with E-state index < -0.39 is 5.66 Å². The number of aliphatic imine (C=N–C) groups is 1. The van der Waals surface area contributed by atoms with Gasteiger partial charge in [-0.05, 0) is 73.4 Å². The normalized spacial score (nSPS) is 25.6. The summed E-state index contributed by atoms with van der Waals surface area (Å²) < 4.78 is 0. The Kier molecular flexibility index (Phi) is 7.82. The zero-order chi connectivity index (χ0) is 19.0. The highest BCUT2D eigenvalue weighted by atomic mass is 35.5. The quantitative estimate of drug-likeness (QED) is 0.552. The van der Waals surface area contributed by atoms with Crippen molar-refractivity contribution in [1.29, 1.82) is 0 Å². The van der Waals surface area contributed by atoms with Crippen LogP contribution in [0.1, 0.15) is 48.3 Å². The molecule has 1 unspecified atom stereocenters. The number of guanidine groups is 1. The summed E-state index contributed by atoms with van der Waals surface area (Å²) in [7, 11) is 0. The summed E-state index contributed by atoms with van der Waals surface area (Å²) >= 11 is 6.08. The van der Waals surface area contributed by atoms with Crippen LogP contribution in [-0.4, -0.2) is 12.5 Å². The van der Waals surface area contributed by atoms with Crippen LogP contribution in [0.2, 0.25) is 5.02 Å². The van der Waals surface area contributed by atoms with Gasteiger partial charge in [-0.25, -0.2) is 4.99 Å². The van der Waals surface area contributed by atoms with Crippen molar-refractivity contribution in [2.45, 2.75) is 37.3 Å². The van der Waals surface area contributed by atoms with Crippen LogP contribution in [0.4, 0.5) is 5.69 Å². The van der Waals surface area contributed by atoms with Crippen molar-refractivity contribution in [3.8, 4) is 0 Å². The van der Waals surface area contributed by atoms with Gasteiger partial charge in [-0.2, -0.15) is 0 Å². The summed E-state index contributed by atoms with van der Waals surface area (Å²) in [6.45, 7) is 0.771. The van der Waals surface area contributed by atoms with E-state index in [1.165, 1.54) is 5.56 Å². The van der Waals surface area contributed by atoms with E-state index in [1.54, 1.807) is 0 Å². The van der Waals surface area contributed by atoms with E-state index in [0.29, 0.717) is 22.8 Å². The minimum absolute atomic E-state index is 0. The number of rotatable bonds is 3. The van der Waals surface area contributed by atoms with Gasteiger partial charge in [-0.1, -0.05) is 35.9 Å². The second-order valence-electron chi connectivity index (χ2n) is 7.62. The second kappa shape index (κ2) is 9.54. The zero-order valence-corrected chi connectivity index (χ0v) is 18.5. The lowest BCUT2D eigenvalue weighted by Gasteiger charge is -2.38. The monoisotopic (exact) mass is 455 g/mol. The number of fused-ring (bicyclic) bond motifs is 1. The minimum atomic E-state index is -1.03. The van der Waals surface area contributed by atoms with Crippen LogP contribution in [0.5, 0.6) is 0 Å². The third-order valence-corrected chi connectivity index (χ3v) is 6.19. The summed E-state index contributed by atoms with van der Waals surface area (Å²) in [6, 6.07) is 13.8. The molecule has 0 spiro atoms. The van der Waals surface area contributed by atoms with Crippen molar-refractivity contribution in [2.24, 2.45) is 28.1 Å². The molecular formula is C21H28Cl3N5. The van der Waals surface area contributed by atoms with E-state index in [-0.39, 0.29) is 24.8 Å². The number of benzene rings is 2. The van der Waals surface area contributed by atoms with Gasteiger partial charge in [0.05, 0.1) is 0 Å². The molecule has 2 aliphatic rings. The number of nitrogens with zero attached hydrogens (tertiary/aromatic N) is 1. The molecule has 7 N–H and O–H groups in total. The number of anilines is 1. The van der Waals surface area contributed by atoms with Gasteiger partial charge in [0, 0.05) is 16.3 Å². The Morgan fingerprint density at radius 1 is 1.03 bits per heavy atom. The van der Waals surface area contributed by atoms with Gasteiger partial charge in [0.25, 0.3) is 0 Å². The molecule has 1 heterocycles. The molecule has 0 saturated heterocycles. The van der Waals surface area contributed by atoms with E-state index in [4.69, 9.17) is 28.8 Å². The Morgan fingerprint density at radius 2 is 1.69 bits per heavy atom. The topological polar surface area (TPSA) is 102 Å². The average molecular weight is 457 g/mol. The van der Waals surface area contributed by atoms with Crippen LogP contribution in [0.15, 0.2) is 47.5 Å². The standard InChI is InChI=1S/C21H26ClN5.2ClH/c22-16-10-8-15(9-11-16)21(25)19-17(14-6-4-13(12-23)5-7-14)2-1-3-18(19)26-20(24)27-21;;/h1-3,8-11,13-14H,4-7,12,23,25H2,(H3,24,26,27);2*1H. The van der Waals surface area contributed by atoms with Crippen molar-refractivity contribution < 1.29 is 0 Å². The highest BCUT2D eigenvalue weighted by molar-refractivity contribution is 6.30. The van der Waals surface area contributed by atoms with E-state index >= 15 is 0 Å². The number of hydrogen-bond donors (Lipinski definition) is 4. The first-order valence-corrected chi connectivity index (χ1v) is 9.90. The Balaban J connectivity index is 0.00000150. The lowest BCUT2D eigenvalue weighted by molar-refractivity contribution is 0.330. The van der Waals surface area contributed by atoms with Crippen molar-refractivity contribution >= 4 is 48.1 Å². The lowest BCUT2D eigenvalue weighted by atomic mass is 9.74. The highest BCUT2D eigenvalue weighted by Crippen LogP contribution is 2.45. The molecule has 4 rings (SSSR count). The molecule has 5 nitrogen and oxygen atoms in total. The molecule has 1 saturated carbocycles. The summed E-state index contributed by atoms with van der Waals surface area (Å²) in [6.07, 6.45) is 4.55. The first-order chi connectivity index (χ1) is 13.0. The largest absolute Gasteiger partial charge is 0.370 e. The van der Waals surface area contributed by atoms with Crippen LogP contribution in [-0.2, 0) is 5.66 Å².